The molecule has 2 aromatic rings. The number of aromatic nitrogens is 1. The number of rotatable bonds is 6. The molecular formula is C16H19ClN2O2. The SMILES string of the molecule is COCc1cc(C(C)Nc2ccnc(Cl)c2)ccc1OC. The van der Waals surface area contributed by atoms with Crippen LogP contribution in [0.3, 0.4) is 0 Å². The van der Waals surface area contributed by atoms with Gasteiger partial charge in [0.05, 0.1) is 13.7 Å². The van der Waals surface area contributed by atoms with E-state index in [1.165, 1.54) is 0 Å². The first kappa shape index (κ1) is 15.6. The Bertz CT molecular complexity index is 605. The summed E-state index contributed by atoms with van der Waals surface area (Å²) in [5.41, 5.74) is 3.11. The van der Waals surface area contributed by atoms with Crippen LogP contribution in [-0.2, 0) is 11.3 Å². The zero-order chi connectivity index (χ0) is 15.2. The first-order chi connectivity index (χ1) is 10.1. The fraction of sp³-hybridized carbons (Fsp3) is 0.312. The zero-order valence-corrected chi connectivity index (χ0v) is 13.1. The van der Waals surface area contributed by atoms with Crippen molar-refractivity contribution in [1.29, 1.82) is 0 Å². The van der Waals surface area contributed by atoms with E-state index in [-0.39, 0.29) is 6.04 Å². The summed E-state index contributed by atoms with van der Waals surface area (Å²) in [6.45, 7) is 2.61. The number of methoxy groups -OCH3 is 2. The summed E-state index contributed by atoms with van der Waals surface area (Å²) in [6.07, 6.45) is 1.68. The molecule has 0 aliphatic rings. The highest BCUT2D eigenvalue weighted by atomic mass is 35.5. The minimum Gasteiger partial charge on any atom is -0.496 e. The second kappa shape index (κ2) is 7.29. The predicted octanol–water partition coefficient (Wildman–Crippen LogP) is 4.06. The standard InChI is InChI=1S/C16H19ClN2O2/c1-11(19-14-6-7-18-16(17)9-14)12-4-5-15(21-3)13(8-12)10-20-2/h4-9,11H,10H2,1-3H3,(H,18,19). The number of hydrogen-bond donors (Lipinski definition) is 1. The third-order valence-electron chi connectivity index (χ3n) is 3.21. The summed E-state index contributed by atoms with van der Waals surface area (Å²) in [4.78, 5) is 3.97. The van der Waals surface area contributed by atoms with Crippen molar-refractivity contribution in [3.05, 3.63) is 52.8 Å². The number of ether oxygens (including phenoxy) is 2. The van der Waals surface area contributed by atoms with Crippen molar-refractivity contribution in [3.63, 3.8) is 0 Å². The van der Waals surface area contributed by atoms with E-state index >= 15 is 0 Å². The Morgan fingerprint density at radius 1 is 1.24 bits per heavy atom. The van der Waals surface area contributed by atoms with Crippen LogP contribution in [0.1, 0.15) is 24.1 Å². The molecule has 5 heteroatoms. The van der Waals surface area contributed by atoms with E-state index in [1.54, 1.807) is 26.5 Å². The Balaban J connectivity index is 2.18. The Kier molecular flexibility index (Phi) is 5.42. The van der Waals surface area contributed by atoms with Gasteiger partial charge in [0.25, 0.3) is 0 Å². The maximum atomic E-state index is 5.90. The van der Waals surface area contributed by atoms with E-state index in [2.05, 4.69) is 23.3 Å². The van der Waals surface area contributed by atoms with Crippen LogP contribution in [0.15, 0.2) is 36.5 Å². The highest BCUT2D eigenvalue weighted by Gasteiger charge is 2.10. The van der Waals surface area contributed by atoms with Crippen LogP contribution >= 0.6 is 11.6 Å². The third-order valence-corrected chi connectivity index (χ3v) is 3.42. The second-order valence-electron chi connectivity index (χ2n) is 4.74. The van der Waals surface area contributed by atoms with Crippen molar-refractivity contribution in [3.8, 4) is 5.75 Å². The molecule has 0 spiro atoms. The zero-order valence-electron chi connectivity index (χ0n) is 12.4. The minimum absolute atomic E-state index is 0.130. The summed E-state index contributed by atoms with van der Waals surface area (Å²) < 4.78 is 10.6. The fourth-order valence-electron chi connectivity index (χ4n) is 2.16. The summed E-state index contributed by atoms with van der Waals surface area (Å²) >= 11 is 5.90. The molecule has 4 nitrogen and oxygen atoms in total. The van der Waals surface area contributed by atoms with Crippen molar-refractivity contribution < 1.29 is 9.47 Å². The molecule has 112 valence electrons. The minimum atomic E-state index is 0.130. The van der Waals surface area contributed by atoms with Gasteiger partial charge in [0, 0.05) is 30.6 Å². The van der Waals surface area contributed by atoms with E-state index in [0.29, 0.717) is 11.8 Å². The maximum absolute atomic E-state index is 5.90. The number of halogens is 1. The molecule has 2 rings (SSSR count). The Morgan fingerprint density at radius 2 is 2.05 bits per heavy atom. The van der Waals surface area contributed by atoms with Gasteiger partial charge in [0.2, 0.25) is 0 Å². The van der Waals surface area contributed by atoms with E-state index in [4.69, 9.17) is 21.1 Å². The largest absolute Gasteiger partial charge is 0.496 e. The predicted molar refractivity (Wildman–Crippen MR) is 85.0 cm³/mol. The van der Waals surface area contributed by atoms with Crippen LogP contribution in [0.4, 0.5) is 5.69 Å². The number of pyridine rings is 1. The molecule has 0 amide bonds. The maximum Gasteiger partial charge on any atom is 0.131 e. The Labute approximate surface area is 130 Å². The first-order valence-corrected chi connectivity index (χ1v) is 7.05. The molecule has 1 aromatic carbocycles. The van der Waals surface area contributed by atoms with Crippen LogP contribution in [0.2, 0.25) is 5.15 Å². The highest BCUT2D eigenvalue weighted by molar-refractivity contribution is 6.29. The Hall–Kier alpha value is -1.78. The molecule has 0 radical (unpaired) electrons. The molecule has 0 fully saturated rings. The normalized spacial score (nSPS) is 12.0. The van der Waals surface area contributed by atoms with Gasteiger partial charge in [0.1, 0.15) is 10.9 Å². The van der Waals surface area contributed by atoms with Gasteiger partial charge in [-0.15, -0.1) is 0 Å². The van der Waals surface area contributed by atoms with E-state index in [0.717, 1.165) is 22.6 Å². The molecule has 1 heterocycles. The van der Waals surface area contributed by atoms with Gasteiger partial charge in [-0.05, 0) is 36.8 Å². The molecule has 0 aliphatic carbocycles. The van der Waals surface area contributed by atoms with Gasteiger partial charge < -0.3 is 14.8 Å². The van der Waals surface area contributed by atoms with Crippen LogP contribution in [0.5, 0.6) is 5.75 Å². The lowest BCUT2D eigenvalue weighted by atomic mass is 10.0. The third kappa shape index (κ3) is 4.09. The number of hydrogen-bond acceptors (Lipinski definition) is 4. The number of anilines is 1. The Morgan fingerprint density at radius 3 is 2.71 bits per heavy atom. The van der Waals surface area contributed by atoms with Gasteiger partial charge in [-0.1, -0.05) is 17.7 Å². The van der Waals surface area contributed by atoms with Crippen LogP contribution in [-0.4, -0.2) is 19.2 Å². The molecule has 0 saturated heterocycles. The first-order valence-electron chi connectivity index (χ1n) is 6.68. The van der Waals surface area contributed by atoms with Crippen LogP contribution in [0, 0.1) is 0 Å². The topological polar surface area (TPSA) is 43.4 Å². The molecule has 21 heavy (non-hydrogen) atoms. The van der Waals surface area contributed by atoms with Crippen LogP contribution < -0.4 is 10.1 Å². The molecule has 1 aromatic heterocycles. The van der Waals surface area contributed by atoms with Gasteiger partial charge in [-0.2, -0.15) is 0 Å². The monoisotopic (exact) mass is 306 g/mol. The van der Waals surface area contributed by atoms with Gasteiger partial charge >= 0.3 is 0 Å². The number of nitrogens with one attached hydrogen (secondary N) is 1. The van der Waals surface area contributed by atoms with Gasteiger partial charge in [-0.25, -0.2) is 4.98 Å². The van der Waals surface area contributed by atoms with Gasteiger partial charge in [-0.3, -0.25) is 0 Å². The average molecular weight is 307 g/mol. The summed E-state index contributed by atoms with van der Waals surface area (Å²) in [5, 5.41) is 3.87. The molecule has 0 bridgehead atoms. The lowest BCUT2D eigenvalue weighted by Crippen LogP contribution is -2.07. The van der Waals surface area contributed by atoms with Crippen molar-refractivity contribution in [2.45, 2.75) is 19.6 Å². The van der Waals surface area contributed by atoms with E-state index in [9.17, 15) is 0 Å². The van der Waals surface area contributed by atoms with E-state index < -0.39 is 0 Å². The lowest BCUT2D eigenvalue weighted by molar-refractivity contribution is 0.181. The quantitative estimate of drug-likeness (QED) is 0.817. The second-order valence-corrected chi connectivity index (χ2v) is 5.12. The van der Waals surface area contributed by atoms with Gasteiger partial charge in [0.15, 0.2) is 0 Å². The fourth-order valence-corrected chi connectivity index (χ4v) is 2.34. The van der Waals surface area contributed by atoms with Crippen molar-refractivity contribution in [2.75, 3.05) is 19.5 Å². The number of benzene rings is 1. The number of nitrogens with zero attached hydrogens (tertiary/aromatic N) is 1. The van der Waals surface area contributed by atoms with Crippen LogP contribution in [0.25, 0.3) is 0 Å². The lowest BCUT2D eigenvalue weighted by Gasteiger charge is -2.18. The van der Waals surface area contributed by atoms with Crippen molar-refractivity contribution in [1.82, 2.24) is 4.98 Å². The molecule has 1 unspecified atom stereocenters. The molecule has 0 saturated carbocycles. The average Bonchev–Trinajstić information content (AvgIpc) is 2.47. The summed E-state index contributed by atoms with van der Waals surface area (Å²) in [5.74, 6) is 0.833. The smallest absolute Gasteiger partial charge is 0.131 e. The van der Waals surface area contributed by atoms with E-state index in [1.807, 2.05) is 18.2 Å². The van der Waals surface area contributed by atoms with Crippen molar-refractivity contribution >= 4 is 17.3 Å². The summed E-state index contributed by atoms with van der Waals surface area (Å²) in [7, 11) is 3.33. The molecular weight excluding hydrogens is 288 g/mol. The molecule has 1 N–H and O–H groups in total. The molecule has 0 aliphatic heterocycles. The highest BCUT2D eigenvalue weighted by Crippen LogP contribution is 2.26. The van der Waals surface area contributed by atoms with Crippen molar-refractivity contribution in [2.24, 2.45) is 0 Å². The summed E-state index contributed by atoms with van der Waals surface area (Å²) in [6, 6.07) is 9.91. The molecule has 1 atom stereocenters.